The molecule has 1 aliphatic rings. The van der Waals surface area contributed by atoms with Gasteiger partial charge in [0.25, 0.3) is 0 Å². The van der Waals surface area contributed by atoms with Gasteiger partial charge in [-0.15, -0.1) is 0 Å². The molecule has 1 aliphatic heterocycles. The van der Waals surface area contributed by atoms with Crippen molar-refractivity contribution in [3.8, 4) is 5.75 Å². The molecule has 0 saturated carbocycles. The molecule has 13 heteroatoms. The Morgan fingerprint density at radius 2 is 1.79 bits per heavy atom. The highest BCUT2D eigenvalue weighted by Gasteiger charge is 2.36. The van der Waals surface area contributed by atoms with Crippen LogP contribution in [0.2, 0.25) is 10.0 Å². The van der Waals surface area contributed by atoms with Crippen molar-refractivity contribution in [2.45, 2.75) is 39.9 Å². The molecular weight excluding hydrogens is 641 g/mol. The van der Waals surface area contributed by atoms with Crippen LogP contribution in [0, 0.1) is 6.92 Å². The summed E-state index contributed by atoms with van der Waals surface area (Å²) < 4.78 is 5.47. The van der Waals surface area contributed by atoms with Gasteiger partial charge >= 0.3 is 6.03 Å². The third-order valence-electron chi connectivity index (χ3n) is 7.41. The smallest absolute Gasteiger partial charge is 0.330 e. The first kappa shape index (κ1) is 33.2. The van der Waals surface area contributed by atoms with Crippen molar-refractivity contribution in [2.24, 2.45) is 0 Å². The van der Waals surface area contributed by atoms with Gasteiger partial charge in [0.2, 0.25) is 17.8 Å². The molecule has 0 radical (unpaired) electrons. The topological polar surface area (TPSA) is 129 Å². The van der Waals surface area contributed by atoms with E-state index in [0.717, 1.165) is 11.1 Å². The third kappa shape index (κ3) is 7.48. The predicted octanol–water partition coefficient (Wildman–Crippen LogP) is 7.14. The second kappa shape index (κ2) is 14.5. The number of hydrogen-bond acceptors (Lipinski definition) is 7. The molecule has 0 bridgehead atoms. The summed E-state index contributed by atoms with van der Waals surface area (Å²) in [4.78, 5) is 50.4. The lowest BCUT2D eigenvalue weighted by molar-refractivity contribution is -0.117. The van der Waals surface area contributed by atoms with E-state index >= 15 is 0 Å². The van der Waals surface area contributed by atoms with Crippen LogP contribution in [-0.2, 0) is 29.2 Å². The molecule has 3 aromatic carbocycles. The van der Waals surface area contributed by atoms with Crippen molar-refractivity contribution in [1.82, 2.24) is 15.3 Å². The molecule has 0 aliphatic carbocycles. The number of fused-ring (bicyclic) bond motifs is 1. The number of urea groups is 1. The van der Waals surface area contributed by atoms with Gasteiger partial charge in [0.1, 0.15) is 16.6 Å². The van der Waals surface area contributed by atoms with Gasteiger partial charge in [0, 0.05) is 36.1 Å². The lowest BCUT2D eigenvalue weighted by Gasteiger charge is -2.37. The molecule has 4 amide bonds. The molecule has 0 atom stereocenters. The Balaban J connectivity index is 1.53. The predicted molar refractivity (Wildman–Crippen MR) is 185 cm³/mol. The number of carbonyl (C=O) groups is 3. The summed E-state index contributed by atoms with van der Waals surface area (Å²) in [6, 6.07) is 16.0. The molecule has 0 fully saturated rings. The number of ether oxygens (including phenoxy) is 1. The lowest BCUT2D eigenvalue weighted by Crippen LogP contribution is -2.48. The molecule has 47 heavy (non-hydrogen) atoms. The van der Waals surface area contributed by atoms with Crippen molar-refractivity contribution in [1.29, 1.82) is 0 Å². The highest BCUT2D eigenvalue weighted by molar-refractivity contribution is 6.41. The normalized spacial score (nSPS) is 12.3. The van der Waals surface area contributed by atoms with Gasteiger partial charge < -0.3 is 20.7 Å². The molecule has 0 unspecified atom stereocenters. The number of anilines is 5. The molecule has 242 valence electrons. The Hall–Kier alpha value is -5.13. The number of aromatic nitrogens is 2. The first-order chi connectivity index (χ1) is 22.6. The van der Waals surface area contributed by atoms with Crippen LogP contribution in [0.5, 0.6) is 5.75 Å². The maximum absolute atomic E-state index is 14.4. The number of rotatable bonds is 11. The molecular formula is C34H33Cl2N7O4. The van der Waals surface area contributed by atoms with Gasteiger partial charge in [0.05, 0.1) is 30.9 Å². The van der Waals surface area contributed by atoms with Crippen LogP contribution >= 0.6 is 23.2 Å². The minimum Gasteiger partial charge on any atom is -0.495 e. The van der Waals surface area contributed by atoms with Crippen molar-refractivity contribution in [3.05, 3.63) is 106 Å². The number of hydrogen-bond donors (Lipinski definition) is 3. The Morgan fingerprint density at radius 1 is 1.06 bits per heavy atom. The molecule has 0 spiro atoms. The fraction of sp³-hybridized carbons (Fsp3) is 0.206. The molecule has 2 heterocycles. The molecule has 0 saturated heterocycles. The van der Waals surface area contributed by atoms with Gasteiger partial charge in [-0.3, -0.25) is 19.4 Å². The highest BCUT2D eigenvalue weighted by Crippen LogP contribution is 2.45. The average Bonchev–Trinajstić information content (AvgIpc) is 3.07. The number of amides is 4. The van der Waals surface area contributed by atoms with E-state index < -0.39 is 6.03 Å². The van der Waals surface area contributed by atoms with Gasteiger partial charge in [-0.25, -0.2) is 9.78 Å². The van der Waals surface area contributed by atoms with Crippen LogP contribution in [-0.4, -0.2) is 34.9 Å². The first-order valence-corrected chi connectivity index (χ1v) is 15.5. The van der Waals surface area contributed by atoms with Gasteiger partial charge in [-0.05, 0) is 60.0 Å². The fourth-order valence-corrected chi connectivity index (χ4v) is 5.66. The Labute approximate surface area is 282 Å². The Bertz CT molecular complexity index is 1870. The number of nitrogens with zero attached hydrogens (tertiary/aromatic N) is 4. The second-order valence-electron chi connectivity index (χ2n) is 10.7. The van der Waals surface area contributed by atoms with E-state index in [1.165, 1.54) is 23.0 Å². The summed E-state index contributed by atoms with van der Waals surface area (Å²) >= 11 is 13.5. The molecule has 5 rings (SSSR count). The number of carbonyl (C=O) groups excluding carboxylic acids is 3. The Kier molecular flexibility index (Phi) is 10.3. The van der Waals surface area contributed by atoms with Crippen molar-refractivity contribution >= 4 is 69.9 Å². The molecule has 4 aromatic rings. The van der Waals surface area contributed by atoms with Gasteiger partial charge in [-0.2, -0.15) is 4.98 Å². The summed E-state index contributed by atoms with van der Waals surface area (Å²) in [7, 11) is 1.50. The van der Waals surface area contributed by atoms with Gasteiger partial charge in [-0.1, -0.05) is 61.0 Å². The summed E-state index contributed by atoms with van der Waals surface area (Å²) in [5, 5.41) is 9.34. The SMILES string of the molecule is C=CC(=O)NCc1cccc(Nc2ncc3c(n2)N(Cc2cccc(NC(=O)CC)c2)C(=O)N(c2c(Cl)c(C)cc(OC)c2Cl)C3)c1. The first-order valence-electron chi connectivity index (χ1n) is 14.7. The number of aryl methyl sites for hydroxylation is 1. The number of halogens is 2. The molecule has 3 N–H and O–H groups in total. The minimum absolute atomic E-state index is 0.0993. The van der Waals surface area contributed by atoms with Crippen LogP contribution < -0.4 is 30.5 Å². The lowest BCUT2D eigenvalue weighted by atomic mass is 10.1. The monoisotopic (exact) mass is 673 g/mol. The molecule has 11 nitrogen and oxygen atoms in total. The quantitative estimate of drug-likeness (QED) is 0.144. The average molecular weight is 675 g/mol. The second-order valence-corrected chi connectivity index (χ2v) is 11.5. The van der Waals surface area contributed by atoms with E-state index in [1.807, 2.05) is 49.4 Å². The van der Waals surface area contributed by atoms with Crippen LogP contribution in [0.15, 0.2) is 73.4 Å². The van der Waals surface area contributed by atoms with Crippen molar-refractivity contribution < 1.29 is 19.1 Å². The van der Waals surface area contributed by atoms with Crippen molar-refractivity contribution in [2.75, 3.05) is 27.5 Å². The zero-order valence-corrected chi connectivity index (χ0v) is 27.6. The maximum Gasteiger partial charge on any atom is 0.330 e. The summed E-state index contributed by atoms with van der Waals surface area (Å²) in [5.41, 5.74) is 4.57. The van der Waals surface area contributed by atoms with E-state index in [2.05, 4.69) is 27.5 Å². The van der Waals surface area contributed by atoms with Gasteiger partial charge in [0.15, 0.2) is 0 Å². The number of methoxy groups -OCH3 is 1. The number of benzene rings is 3. The Morgan fingerprint density at radius 3 is 2.51 bits per heavy atom. The summed E-state index contributed by atoms with van der Waals surface area (Å²) in [5.74, 6) is 0.647. The van der Waals surface area contributed by atoms with E-state index in [1.54, 1.807) is 25.3 Å². The van der Waals surface area contributed by atoms with E-state index in [-0.39, 0.29) is 35.9 Å². The highest BCUT2D eigenvalue weighted by atomic mass is 35.5. The van der Waals surface area contributed by atoms with Crippen LogP contribution in [0.3, 0.4) is 0 Å². The van der Waals surface area contributed by atoms with E-state index in [9.17, 15) is 14.4 Å². The van der Waals surface area contributed by atoms with E-state index in [4.69, 9.17) is 32.9 Å². The van der Waals surface area contributed by atoms with Crippen LogP contribution in [0.25, 0.3) is 0 Å². The maximum atomic E-state index is 14.4. The largest absolute Gasteiger partial charge is 0.495 e. The van der Waals surface area contributed by atoms with Crippen LogP contribution in [0.1, 0.15) is 35.6 Å². The van der Waals surface area contributed by atoms with Crippen molar-refractivity contribution in [3.63, 3.8) is 0 Å². The third-order valence-corrected chi connectivity index (χ3v) is 8.25. The molecule has 1 aromatic heterocycles. The zero-order chi connectivity index (χ0) is 33.7. The zero-order valence-electron chi connectivity index (χ0n) is 26.1. The van der Waals surface area contributed by atoms with Crippen LogP contribution in [0.4, 0.5) is 33.6 Å². The number of nitrogens with one attached hydrogen (secondary N) is 3. The van der Waals surface area contributed by atoms with E-state index in [0.29, 0.717) is 57.7 Å². The minimum atomic E-state index is -0.415. The fourth-order valence-electron chi connectivity index (χ4n) is 5.03. The summed E-state index contributed by atoms with van der Waals surface area (Å²) in [6.07, 6.45) is 3.20. The summed E-state index contributed by atoms with van der Waals surface area (Å²) in [6.45, 7) is 7.59. The standard InChI is InChI=1S/C34H33Cl2N7O4/c1-5-27(44)37-16-21-9-7-12-25(14-21)40-33-38-17-23-19-42(31-29(35)20(3)13-26(47-4)30(31)36)34(46)43(32(23)41-33)18-22-10-8-11-24(15-22)39-28(45)6-2/h5,7-15,17H,1,6,16,18-19H2,2-4H3,(H,37,44)(H,39,45)(H,38,40,41).